The third-order valence-electron chi connectivity index (χ3n) is 2.24. The molecule has 0 fully saturated rings. The number of hydrogen-bond acceptors (Lipinski definition) is 2. The minimum atomic E-state index is -0.252. The third-order valence-corrected chi connectivity index (χ3v) is 2.24. The molecular formula is C11H15BO2. The normalized spacial score (nSPS) is 9.71. The molecule has 0 bridgehead atoms. The molecule has 0 aliphatic heterocycles. The van der Waals surface area contributed by atoms with Gasteiger partial charge in [0.2, 0.25) is 0 Å². The highest BCUT2D eigenvalue weighted by Crippen LogP contribution is 2.05. The maximum absolute atomic E-state index is 11.5. The number of aryl methyl sites for hydroxylation is 1. The molecule has 1 rings (SSSR count). The lowest BCUT2D eigenvalue weighted by Crippen LogP contribution is -2.29. The van der Waals surface area contributed by atoms with E-state index in [9.17, 15) is 4.79 Å². The highest BCUT2D eigenvalue weighted by molar-refractivity contribution is 6.71. The summed E-state index contributed by atoms with van der Waals surface area (Å²) in [5, 5.41) is 0. The second-order valence-corrected chi connectivity index (χ2v) is 3.74. The van der Waals surface area contributed by atoms with Gasteiger partial charge in [-0.3, -0.25) is 0 Å². The Hall–Kier alpha value is -1.25. The molecule has 2 nitrogen and oxygen atoms in total. The van der Waals surface area contributed by atoms with Crippen LogP contribution >= 0.6 is 0 Å². The zero-order valence-electron chi connectivity index (χ0n) is 9.13. The molecule has 0 unspecified atom stereocenters. The predicted molar refractivity (Wildman–Crippen MR) is 59.6 cm³/mol. The first-order valence-corrected chi connectivity index (χ1v) is 4.75. The second-order valence-electron chi connectivity index (χ2n) is 3.74. The topological polar surface area (TPSA) is 26.3 Å². The zero-order valence-corrected chi connectivity index (χ0v) is 9.13. The molecule has 0 spiro atoms. The summed E-state index contributed by atoms with van der Waals surface area (Å²) in [5.41, 5.74) is 2.81. The molecule has 0 N–H and O–H groups in total. The molecule has 0 aliphatic rings. The highest BCUT2D eigenvalue weighted by atomic mass is 16.5. The van der Waals surface area contributed by atoms with Gasteiger partial charge in [-0.15, -0.1) is 0 Å². The van der Waals surface area contributed by atoms with Gasteiger partial charge in [-0.25, -0.2) is 4.79 Å². The molecule has 0 aromatic heterocycles. The van der Waals surface area contributed by atoms with Crippen LogP contribution in [0.15, 0.2) is 18.2 Å². The van der Waals surface area contributed by atoms with Gasteiger partial charge in [-0.2, -0.15) is 0 Å². The van der Waals surface area contributed by atoms with Crippen molar-refractivity contribution in [1.29, 1.82) is 0 Å². The quantitative estimate of drug-likeness (QED) is 0.524. The Morgan fingerprint density at radius 3 is 2.50 bits per heavy atom. The SMILES string of the molecule is COC(=O)c1cc(C)ccc1B(C)C. The van der Waals surface area contributed by atoms with Crippen molar-refractivity contribution in [2.75, 3.05) is 7.11 Å². The fourth-order valence-electron chi connectivity index (χ4n) is 1.46. The Morgan fingerprint density at radius 2 is 2.00 bits per heavy atom. The van der Waals surface area contributed by atoms with E-state index in [0.29, 0.717) is 12.3 Å². The van der Waals surface area contributed by atoms with Crippen LogP contribution in [0.4, 0.5) is 0 Å². The summed E-state index contributed by atoms with van der Waals surface area (Å²) in [5.74, 6) is -0.252. The summed E-state index contributed by atoms with van der Waals surface area (Å²) in [6.45, 7) is 6.44. The lowest BCUT2D eigenvalue weighted by molar-refractivity contribution is 0.0602. The number of hydrogen-bond donors (Lipinski definition) is 0. The van der Waals surface area contributed by atoms with Gasteiger partial charge in [-0.05, 0) is 13.0 Å². The largest absolute Gasteiger partial charge is 0.465 e. The van der Waals surface area contributed by atoms with Crippen molar-refractivity contribution in [3.05, 3.63) is 29.3 Å². The second kappa shape index (κ2) is 4.31. The van der Waals surface area contributed by atoms with Crippen molar-refractivity contribution in [1.82, 2.24) is 0 Å². The van der Waals surface area contributed by atoms with Crippen LogP contribution in [0.25, 0.3) is 0 Å². The molecule has 1 aromatic rings. The van der Waals surface area contributed by atoms with Crippen LogP contribution < -0.4 is 5.46 Å². The van der Waals surface area contributed by atoms with Gasteiger partial charge >= 0.3 is 5.97 Å². The minimum absolute atomic E-state index is 0.252. The molecule has 0 saturated heterocycles. The fourth-order valence-corrected chi connectivity index (χ4v) is 1.46. The van der Waals surface area contributed by atoms with Gasteiger partial charge in [0.1, 0.15) is 0 Å². The Kier molecular flexibility index (Phi) is 3.34. The first-order chi connectivity index (χ1) is 6.56. The average molecular weight is 190 g/mol. The van der Waals surface area contributed by atoms with Crippen molar-refractivity contribution in [3.63, 3.8) is 0 Å². The molecule has 0 aliphatic carbocycles. The van der Waals surface area contributed by atoms with E-state index in [0.717, 1.165) is 11.0 Å². The summed E-state index contributed by atoms with van der Waals surface area (Å²) in [7, 11) is 1.41. The fraction of sp³-hybridized carbons (Fsp3) is 0.364. The van der Waals surface area contributed by atoms with Crippen molar-refractivity contribution in [2.24, 2.45) is 0 Å². The van der Waals surface area contributed by atoms with E-state index in [1.807, 2.05) is 25.1 Å². The molecule has 0 radical (unpaired) electrons. The standard InChI is InChI=1S/C11H15BO2/c1-8-5-6-10(12(2)3)9(7-8)11(13)14-4/h5-7H,1-4H3. The number of carbonyl (C=O) groups excluding carboxylic acids is 1. The van der Waals surface area contributed by atoms with Gasteiger partial charge in [-0.1, -0.05) is 36.8 Å². The molecule has 0 atom stereocenters. The highest BCUT2D eigenvalue weighted by Gasteiger charge is 2.15. The first-order valence-electron chi connectivity index (χ1n) is 4.75. The Balaban J connectivity index is 3.22. The predicted octanol–water partition coefficient (Wildman–Crippen LogP) is 1.74. The Labute approximate surface area is 85.4 Å². The van der Waals surface area contributed by atoms with E-state index >= 15 is 0 Å². The van der Waals surface area contributed by atoms with Crippen molar-refractivity contribution >= 4 is 18.1 Å². The number of ether oxygens (including phenoxy) is 1. The lowest BCUT2D eigenvalue weighted by atomic mass is 9.48. The number of esters is 1. The molecular weight excluding hydrogens is 175 g/mol. The van der Waals surface area contributed by atoms with Crippen LogP contribution in [0.5, 0.6) is 0 Å². The smallest absolute Gasteiger partial charge is 0.337 e. The van der Waals surface area contributed by atoms with Crippen LogP contribution in [0, 0.1) is 6.92 Å². The number of benzene rings is 1. The van der Waals surface area contributed by atoms with Crippen molar-refractivity contribution in [2.45, 2.75) is 20.6 Å². The van der Waals surface area contributed by atoms with Crippen LogP contribution in [0.2, 0.25) is 13.6 Å². The van der Waals surface area contributed by atoms with E-state index < -0.39 is 0 Å². The molecule has 0 amide bonds. The van der Waals surface area contributed by atoms with Crippen LogP contribution in [-0.2, 0) is 4.74 Å². The summed E-state index contributed by atoms with van der Waals surface area (Å²) in [6, 6.07) is 5.88. The maximum Gasteiger partial charge on any atom is 0.337 e. The molecule has 14 heavy (non-hydrogen) atoms. The minimum Gasteiger partial charge on any atom is -0.465 e. The van der Waals surface area contributed by atoms with E-state index in [1.165, 1.54) is 7.11 Å². The maximum atomic E-state index is 11.5. The van der Waals surface area contributed by atoms with Crippen molar-refractivity contribution < 1.29 is 9.53 Å². The molecule has 74 valence electrons. The number of carbonyl (C=O) groups is 1. The zero-order chi connectivity index (χ0) is 10.7. The van der Waals surface area contributed by atoms with E-state index in [-0.39, 0.29) is 5.97 Å². The summed E-state index contributed by atoms with van der Waals surface area (Å²) >= 11 is 0. The third kappa shape index (κ3) is 2.16. The molecule has 0 saturated carbocycles. The average Bonchev–Trinajstić information content (AvgIpc) is 2.16. The van der Waals surface area contributed by atoms with E-state index in [4.69, 9.17) is 4.74 Å². The van der Waals surface area contributed by atoms with Crippen LogP contribution in [0.1, 0.15) is 15.9 Å². The van der Waals surface area contributed by atoms with E-state index in [2.05, 4.69) is 13.6 Å². The van der Waals surface area contributed by atoms with Crippen LogP contribution in [0.3, 0.4) is 0 Å². The van der Waals surface area contributed by atoms with E-state index in [1.54, 1.807) is 0 Å². The summed E-state index contributed by atoms with van der Waals surface area (Å²) in [4.78, 5) is 11.5. The first kappa shape index (κ1) is 10.8. The van der Waals surface area contributed by atoms with Gasteiger partial charge in [0.15, 0.2) is 6.71 Å². The van der Waals surface area contributed by atoms with Crippen LogP contribution in [-0.4, -0.2) is 19.8 Å². The Morgan fingerprint density at radius 1 is 1.36 bits per heavy atom. The van der Waals surface area contributed by atoms with Crippen molar-refractivity contribution in [3.8, 4) is 0 Å². The summed E-state index contributed by atoms with van der Waals surface area (Å²) < 4.78 is 4.74. The summed E-state index contributed by atoms with van der Waals surface area (Å²) in [6.07, 6.45) is 0. The molecule has 1 aromatic carbocycles. The number of rotatable bonds is 2. The Bertz CT molecular complexity index is 345. The van der Waals surface area contributed by atoms with Gasteiger partial charge < -0.3 is 4.74 Å². The number of methoxy groups -OCH3 is 1. The van der Waals surface area contributed by atoms with Gasteiger partial charge in [0.05, 0.1) is 12.7 Å². The molecule has 0 heterocycles. The molecule has 3 heteroatoms. The monoisotopic (exact) mass is 190 g/mol. The van der Waals surface area contributed by atoms with Gasteiger partial charge in [0.25, 0.3) is 0 Å². The lowest BCUT2D eigenvalue weighted by Gasteiger charge is -2.09. The van der Waals surface area contributed by atoms with Gasteiger partial charge in [0, 0.05) is 0 Å².